The summed E-state index contributed by atoms with van der Waals surface area (Å²) in [6, 6.07) is 0. The van der Waals surface area contributed by atoms with E-state index in [1.54, 1.807) is 13.8 Å². The molecule has 6 nitrogen and oxygen atoms in total. The minimum absolute atomic E-state index is 0.0790. The van der Waals surface area contributed by atoms with Crippen molar-refractivity contribution < 1.29 is 21.9 Å². The van der Waals surface area contributed by atoms with Crippen LogP contribution in [0.1, 0.15) is 13.8 Å². The van der Waals surface area contributed by atoms with Crippen molar-refractivity contribution in [3.8, 4) is 0 Å². The number of aliphatic hydroxyl groups excluding tert-OH is 1. The van der Waals surface area contributed by atoms with Crippen LogP contribution < -0.4 is 4.72 Å². The molecule has 0 radical (unpaired) electrons. The van der Waals surface area contributed by atoms with Crippen molar-refractivity contribution in [1.29, 1.82) is 0 Å². The minimum atomic E-state index is -3.60. The lowest BCUT2D eigenvalue weighted by atomic mass is 9.96. The van der Waals surface area contributed by atoms with Gasteiger partial charge >= 0.3 is 0 Å². The number of nitrogens with one attached hydrogen (secondary N) is 1. The van der Waals surface area contributed by atoms with E-state index >= 15 is 0 Å². The zero-order chi connectivity index (χ0) is 13.0. The van der Waals surface area contributed by atoms with Crippen molar-refractivity contribution in [3.63, 3.8) is 0 Å². The molecule has 0 spiro atoms. The van der Waals surface area contributed by atoms with E-state index in [2.05, 4.69) is 4.72 Å². The van der Waals surface area contributed by atoms with Gasteiger partial charge in [-0.1, -0.05) is 13.8 Å². The maximum absolute atomic E-state index is 11.4. The molecule has 0 aromatic heterocycles. The highest BCUT2D eigenvalue weighted by Gasteiger charge is 2.21. The summed E-state index contributed by atoms with van der Waals surface area (Å²) in [5, 5.41) is 8.92. The Kier molecular flexibility index (Phi) is 5.37. The van der Waals surface area contributed by atoms with Crippen molar-refractivity contribution in [2.45, 2.75) is 13.8 Å². The average molecular weight is 273 g/mol. The van der Waals surface area contributed by atoms with Gasteiger partial charge in [-0.2, -0.15) is 0 Å². The van der Waals surface area contributed by atoms with Crippen LogP contribution in [-0.2, 0) is 19.9 Å². The number of rotatable bonds is 7. The van der Waals surface area contributed by atoms with Gasteiger partial charge in [0.15, 0.2) is 0 Å². The van der Waals surface area contributed by atoms with Crippen molar-refractivity contribution >= 4 is 19.9 Å². The molecule has 0 heterocycles. The second-order valence-electron chi connectivity index (χ2n) is 4.59. The lowest BCUT2D eigenvalue weighted by Crippen LogP contribution is -2.38. The Hall–Kier alpha value is -0.180. The number of hydrogen-bond donors (Lipinski definition) is 2. The zero-order valence-corrected chi connectivity index (χ0v) is 11.4. The summed E-state index contributed by atoms with van der Waals surface area (Å²) in [6.07, 6.45) is 0.986. The van der Waals surface area contributed by atoms with Crippen LogP contribution in [0.15, 0.2) is 0 Å². The molecule has 0 atom stereocenters. The predicted octanol–water partition coefficient (Wildman–Crippen LogP) is -1.03. The first-order valence-electron chi connectivity index (χ1n) is 4.73. The summed E-state index contributed by atoms with van der Waals surface area (Å²) in [5.41, 5.74) is -0.557. The summed E-state index contributed by atoms with van der Waals surface area (Å²) in [7, 11) is -6.88. The number of aliphatic hydroxyl groups is 1. The molecule has 2 N–H and O–H groups in total. The lowest BCUT2D eigenvalue weighted by Gasteiger charge is -2.21. The molecule has 0 saturated heterocycles. The van der Waals surface area contributed by atoms with Gasteiger partial charge in [0, 0.05) is 24.8 Å². The van der Waals surface area contributed by atoms with E-state index in [1.807, 2.05) is 0 Å². The quantitative estimate of drug-likeness (QED) is 0.617. The van der Waals surface area contributed by atoms with Gasteiger partial charge in [0.05, 0.1) is 11.5 Å². The molecular weight excluding hydrogens is 254 g/mol. The Morgan fingerprint density at radius 3 is 2.00 bits per heavy atom. The Morgan fingerprint density at radius 1 is 1.12 bits per heavy atom. The van der Waals surface area contributed by atoms with Crippen molar-refractivity contribution in [1.82, 2.24) is 4.72 Å². The third kappa shape index (κ3) is 8.03. The molecule has 8 heteroatoms. The molecule has 0 rings (SSSR count). The van der Waals surface area contributed by atoms with Crippen LogP contribution in [0, 0.1) is 5.41 Å². The number of sulfone groups is 1. The molecular formula is C8H19NO5S2. The first-order valence-corrected chi connectivity index (χ1v) is 8.45. The van der Waals surface area contributed by atoms with Gasteiger partial charge in [-0.15, -0.1) is 0 Å². The van der Waals surface area contributed by atoms with E-state index in [0.29, 0.717) is 0 Å². The Balaban J connectivity index is 4.28. The molecule has 0 aliphatic heterocycles. The van der Waals surface area contributed by atoms with Gasteiger partial charge < -0.3 is 5.11 Å². The van der Waals surface area contributed by atoms with Crippen LogP contribution in [-0.4, -0.2) is 52.9 Å². The second kappa shape index (κ2) is 5.44. The van der Waals surface area contributed by atoms with Crippen LogP contribution in [0.2, 0.25) is 0 Å². The van der Waals surface area contributed by atoms with E-state index in [4.69, 9.17) is 5.11 Å². The van der Waals surface area contributed by atoms with Crippen LogP contribution in [0.25, 0.3) is 0 Å². The molecule has 16 heavy (non-hydrogen) atoms. The summed E-state index contributed by atoms with van der Waals surface area (Å²) in [5.74, 6) is -0.852. The van der Waals surface area contributed by atoms with Crippen LogP contribution >= 0.6 is 0 Å². The highest BCUT2D eigenvalue weighted by molar-refractivity contribution is 7.93. The molecule has 0 unspecified atom stereocenters. The van der Waals surface area contributed by atoms with Gasteiger partial charge in [-0.3, -0.25) is 0 Å². The Bertz CT molecular complexity index is 410. The predicted molar refractivity (Wildman–Crippen MR) is 62.4 cm³/mol. The SMILES string of the molecule is CC(C)(CO)CNS(=O)(=O)CCS(C)(=O)=O. The van der Waals surface area contributed by atoms with Gasteiger partial charge in [0.1, 0.15) is 9.84 Å². The molecule has 0 fully saturated rings. The molecule has 0 amide bonds. The first kappa shape index (κ1) is 15.8. The molecule has 0 aromatic carbocycles. The third-order valence-electron chi connectivity index (χ3n) is 1.92. The van der Waals surface area contributed by atoms with E-state index in [1.165, 1.54) is 0 Å². The highest BCUT2D eigenvalue weighted by atomic mass is 32.2. The fraction of sp³-hybridized carbons (Fsp3) is 1.00. The van der Waals surface area contributed by atoms with Crippen molar-refractivity contribution in [2.75, 3.05) is 30.9 Å². The third-order valence-corrected chi connectivity index (χ3v) is 4.45. The topological polar surface area (TPSA) is 101 Å². The minimum Gasteiger partial charge on any atom is -0.396 e. The molecule has 0 aromatic rings. The fourth-order valence-electron chi connectivity index (χ4n) is 0.694. The standard InChI is InChI=1S/C8H19NO5S2/c1-8(2,7-10)6-9-16(13,14)5-4-15(3,11)12/h9-10H,4-7H2,1-3H3. The molecule has 98 valence electrons. The largest absolute Gasteiger partial charge is 0.396 e. The first-order chi connectivity index (χ1) is 6.97. The fourth-order valence-corrected chi connectivity index (χ4v) is 3.54. The Morgan fingerprint density at radius 2 is 1.62 bits per heavy atom. The van der Waals surface area contributed by atoms with E-state index in [-0.39, 0.29) is 13.2 Å². The van der Waals surface area contributed by atoms with E-state index in [9.17, 15) is 16.8 Å². The van der Waals surface area contributed by atoms with Gasteiger partial charge in [-0.25, -0.2) is 21.6 Å². The second-order valence-corrected chi connectivity index (χ2v) is 8.78. The smallest absolute Gasteiger partial charge is 0.212 e. The normalized spacial score (nSPS) is 14.0. The summed E-state index contributed by atoms with van der Waals surface area (Å²) >= 11 is 0. The lowest BCUT2D eigenvalue weighted by molar-refractivity contribution is 0.163. The maximum Gasteiger partial charge on any atom is 0.212 e. The zero-order valence-electron chi connectivity index (χ0n) is 9.73. The molecule has 0 bridgehead atoms. The average Bonchev–Trinajstić information content (AvgIpc) is 2.12. The van der Waals surface area contributed by atoms with Crippen LogP contribution in [0.5, 0.6) is 0 Å². The monoisotopic (exact) mass is 273 g/mol. The van der Waals surface area contributed by atoms with Gasteiger partial charge in [0.2, 0.25) is 10.0 Å². The van der Waals surface area contributed by atoms with E-state index in [0.717, 1.165) is 6.26 Å². The number of sulfonamides is 1. The summed E-state index contributed by atoms with van der Waals surface area (Å²) in [4.78, 5) is 0. The van der Waals surface area contributed by atoms with Crippen LogP contribution in [0.3, 0.4) is 0 Å². The van der Waals surface area contributed by atoms with Crippen molar-refractivity contribution in [3.05, 3.63) is 0 Å². The summed E-state index contributed by atoms with van der Waals surface area (Å²) < 4.78 is 46.6. The molecule has 0 aliphatic rings. The maximum atomic E-state index is 11.4. The van der Waals surface area contributed by atoms with Gasteiger partial charge in [-0.05, 0) is 0 Å². The van der Waals surface area contributed by atoms with Gasteiger partial charge in [0.25, 0.3) is 0 Å². The van der Waals surface area contributed by atoms with Crippen molar-refractivity contribution in [2.24, 2.45) is 5.41 Å². The van der Waals surface area contributed by atoms with E-state index < -0.39 is 36.8 Å². The summed E-state index contributed by atoms with van der Waals surface area (Å²) in [6.45, 7) is 3.33. The van der Waals surface area contributed by atoms with Crippen LogP contribution in [0.4, 0.5) is 0 Å². The number of hydrogen-bond acceptors (Lipinski definition) is 5. The highest BCUT2D eigenvalue weighted by Crippen LogP contribution is 2.11. The molecule has 0 saturated carbocycles. The molecule has 0 aliphatic carbocycles. The Labute approximate surface area is 97.0 Å².